The summed E-state index contributed by atoms with van der Waals surface area (Å²) in [5, 5.41) is 0. The molecule has 12 nitrogen and oxygen atoms in total. The van der Waals surface area contributed by atoms with E-state index in [4.69, 9.17) is 14.2 Å². The summed E-state index contributed by atoms with van der Waals surface area (Å²) in [5.41, 5.74) is 1.57. The zero-order chi connectivity index (χ0) is 31.1. The number of hydrogen-bond donors (Lipinski definition) is 0. The second kappa shape index (κ2) is 14.6. The second-order valence-electron chi connectivity index (χ2n) is 11.6. The molecule has 3 aliphatic rings. The Morgan fingerprint density at radius 3 is 1.20 bits per heavy atom. The zero-order valence-electron chi connectivity index (χ0n) is 25.8. The summed E-state index contributed by atoms with van der Waals surface area (Å²) < 4.78 is 17.0. The molecule has 0 aromatic heterocycles. The number of carbonyl (C=O) groups excluding carboxylic acids is 3. The third-order valence-corrected chi connectivity index (χ3v) is 8.15. The first-order chi connectivity index (χ1) is 21.2. The van der Waals surface area contributed by atoms with E-state index in [1.165, 1.54) is 0 Å². The van der Waals surface area contributed by atoms with Crippen LogP contribution in [-0.2, 0) is 0 Å². The summed E-state index contributed by atoms with van der Waals surface area (Å²) in [6, 6.07) is 12.3. The third-order valence-electron chi connectivity index (χ3n) is 8.15. The average molecular weight is 607 g/mol. The fraction of sp³-hybridized carbons (Fsp3) is 0.469. The van der Waals surface area contributed by atoms with Crippen molar-refractivity contribution in [1.29, 1.82) is 0 Å². The number of ether oxygens (including phenoxy) is 3. The van der Waals surface area contributed by atoms with Crippen LogP contribution < -0.4 is 14.2 Å². The van der Waals surface area contributed by atoms with E-state index in [2.05, 4.69) is 14.7 Å². The lowest BCUT2D eigenvalue weighted by molar-refractivity contribution is 0.118. The van der Waals surface area contributed by atoms with Crippen molar-refractivity contribution in [2.24, 2.45) is 0 Å². The molecule has 44 heavy (non-hydrogen) atoms. The van der Waals surface area contributed by atoms with Gasteiger partial charge < -0.3 is 43.6 Å². The SMILES string of the molecule is CN1CCN(C(=O)Oc2ccc(/C=C/c3cc(OC(=O)N4CCN(C)CC4)cc(OC(=O)N4CCN(C)CC4)c3)cc2)CC1. The molecule has 0 spiro atoms. The van der Waals surface area contributed by atoms with Crippen LogP contribution >= 0.6 is 0 Å². The number of hydrogen-bond acceptors (Lipinski definition) is 9. The number of carbonyl (C=O) groups is 3. The van der Waals surface area contributed by atoms with E-state index in [0.717, 1.165) is 44.8 Å². The van der Waals surface area contributed by atoms with Crippen molar-refractivity contribution in [2.45, 2.75) is 0 Å². The summed E-state index contributed by atoms with van der Waals surface area (Å²) >= 11 is 0. The van der Waals surface area contributed by atoms with Gasteiger partial charge in [0.25, 0.3) is 0 Å². The lowest BCUT2D eigenvalue weighted by Crippen LogP contribution is -2.48. The summed E-state index contributed by atoms with van der Waals surface area (Å²) in [7, 11) is 6.08. The van der Waals surface area contributed by atoms with E-state index >= 15 is 0 Å². The van der Waals surface area contributed by atoms with E-state index in [0.29, 0.717) is 62.1 Å². The van der Waals surface area contributed by atoms with E-state index in [9.17, 15) is 14.4 Å². The smallest absolute Gasteiger partial charge is 0.410 e. The van der Waals surface area contributed by atoms with Gasteiger partial charge in [0.05, 0.1) is 0 Å². The normalized spacial score (nSPS) is 18.8. The van der Waals surface area contributed by atoms with E-state index < -0.39 is 12.2 Å². The Kier molecular flexibility index (Phi) is 10.4. The van der Waals surface area contributed by atoms with Crippen LogP contribution in [0.15, 0.2) is 42.5 Å². The molecule has 2 aromatic rings. The molecule has 0 radical (unpaired) electrons. The molecular formula is C32H42N6O6. The molecule has 2 aromatic carbocycles. The molecule has 0 atom stereocenters. The Labute approximate surface area is 258 Å². The molecule has 0 saturated carbocycles. The first kappa shape index (κ1) is 31.3. The van der Waals surface area contributed by atoms with E-state index in [1.54, 1.807) is 45.0 Å². The van der Waals surface area contributed by atoms with Crippen molar-refractivity contribution in [1.82, 2.24) is 29.4 Å². The lowest BCUT2D eigenvalue weighted by Gasteiger charge is -2.32. The topological polar surface area (TPSA) is 98.3 Å². The van der Waals surface area contributed by atoms with Gasteiger partial charge in [-0.25, -0.2) is 14.4 Å². The minimum atomic E-state index is -0.433. The first-order valence-electron chi connectivity index (χ1n) is 15.1. The van der Waals surface area contributed by atoms with Crippen molar-refractivity contribution in [3.05, 3.63) is 53.6 Å². The fourth-order valence-electron chi connectivity index (χ4n) is 5.11. The maximum atomic E-state index is 12.9. The first-order valence-corrected chi connectivity index (χ1v) is 15.1. The molecule has 3 aliphatic heterocycles. The Balaban J connectivity index is 1.26. The van der Waals surface area contributed by atoms with Gasteiger partial charge in [0.2, 0.25) is 0 Å². The Hall–Kier alpha value is -4.13. The van der Waals surface area contributed by atoms with Gasteiger partial charge in [-0.3, -0.25) is 0 Å². The van der Waals surface area contributed by atoms with Crippen LogP contribution in [0, 0.1) is 0 Å². The number of nitrogens with zero attached hydrogens (tertiary/aromatic N) is 6. The maximum absolute atomic E-state index is 12.9. The molecule has 0 aliphatic carbocycles. The van der Waals surface area contributed by atoms with Gasteiger partial charge >= 0.3 is 18.3 Å². The molecule has 0 N–H and O–H groups in total. The Morgan fingerprint density at radius 1 is 0.477 bits per heavy atom. The predicted molar refractivity (Wildman–Crippen MR) is 167 cm³/mol. The van der Waals surface area contributed by atoms with Crippen LogP contribution in [0.1, 0.15) is 11.1 Å². The number of benzene rings is 2. The zero-order valence-corrected chi connectivity index (χ0v) is 25.8. The molecule has 3 amide bonds. The van der Waals surface area contributed by atoms with Crippen LogP contribution in [0.25, 0.3) is 12.2 Å². The van der Waals surface area contributed by atoms with Crippen LogP contribution in [0.4, 0.5) is 14.4 Å². The highest BCUT2D eigenvalue weighted by Gasteiger charge is 2.24. The Bertz CT molecular complexity index is 1270. The molecule has 0 unspecified atom stereocenters. The number of piperazine rings is 3. The van der Waals surface area contributed by atoms with Gasteiger partial charge in [0.1, 0.15) is 17.2 Å². The van der Waals surface area contributed by atoms with Gasteiger partial charge in [-0.1, -0.05) is 24.3 Å². The minimum absolute atomic E-state index is 0.295. The van der Waals surface area contributed by atoms with E-state index in [1.807, 2.05) is 45.4 Å². The average Bonchev–Trinajstić information content (AvgIpc) is 3.01. The van der Waals surface area contributed by atoms with Gasteiger partial charge in [0.15, 0.2) is 0 Å². The summed E-state index contributed by atoms with van der Waals surface area (Å²) in [4.78, 5) is 49.9. The van der Waals surface area contributed by atoms with Gasteiger partial charge in [0, 0.05) is 84.6 Å². The van der Waals surface area contributed by atoms with Crippen molar-refractivity contribution >= 4 is 30.4 Å². The highest BCUT2D eigenvalue weighted by molar-refractivity contribution is 5.76. The predicted octanol–water partition coefficient (Wildman–Crippen LogP) is 3.10. The molecule has 5 rings (SSSR count). The number of amides is 3. The van der Waals surface area contributed by atoms with E-state index in [-0.39, 0.29) is 6.09 Å². The molecular weight excluding hydrogens is 564 g/mol. The molecule has 3 saturated heterocycles. The van der Waals surface area contributed by atoms with Crippen LogP contribution in [-0.4, -0.2) is 147 Å². The molecule has 236 valence electrons. The monoisotopic (exact) mass is 606 g/mol. The van der Waals surface area contributed by atoms with Gasteiger partial charge in [-0.2, -0.15) is 0 Å². The highest BCUT2D eigenvalue weighted by atomic mass is 16.6. The number of rotatable bonds is 5. The molecule has 12 heteroatoms. The Morgan fingerprint density at radius 2 is 0.818 bits per heavy atom. The minimum Gasteiger partial charge on any atom is -0.410 e. The van der Waals surface area contributed by atoms with Gasteiger partial charge in [-0.05, 0) is 56.5 Å². The lowest BCUT2D eigenvalue weighted by atomic mass is 10.1. The van der Waals surface area contributed by atoms with Crippen molar-refractivity contribution in [3.63, 3.8) is 0 Å². The summed E-state index contributed by atoms with van der Waals surface area (Å²) in [6.07, 6.45) is 2.53. The fourth-order valence-corrected chi connectivity index (χ4v) is 5.11. The standard InChI is InChI=1S/C32H42N6O6/c1-33-10-16-36(17-11-33)30(39)42-27-8-6-25(7-9-27)4-5-26-22-28(43-31(40)37-18-12-34(2)13-19-37)24-29(23-26)44-32(41)38-20-14-35(3)15-21-38/h4-9,22-24H,10-21H2,1-3H3/b5-4+. The molecule has 3 fully saturated rings. The maximum Gasteiger partial charge on any atom is 0.415 e. The van der Waals surface area contributed by atoms with Crippen LogP contribution in [0.3, 0.4) is 0 Å². The quantitative estimate of drug-likeness (QED) is 0.476. The van der Waals surface area contributed by atoms with Crippen LogP contribution in [0.5, 0.6) is 17.2 Å². The summed E-state index contributed by atoms with van der Waals surface area (Å²) in [6.45, 7) is 8.39. The van der Waals surface area contributed by atoms with Crippen molar-refractivity contribution in [3.8, 4) is 17.2 Å². The molecule has 0 bridgehead atoms. The third kappa shape index (κ3) is 8.71. The number of likely N-dealkylation sites (N-methyl/N-ethyl adjacent to an activating group) is 3. The van der Waals surface area contributed by atoms with Crippen molar-refractivity contribution < 1.29 is 28.6 Å². The van der Waals surface area contributed by atoms with Crippen LogP contribution in [0.2, 0.25) is 0 Å². The molecule has 3 heterocycles. The van der Waals surface area contributed by atoms with Crippen molar-refractivity contribution in [2.75, 3.05) is 99.7 Å². The highest BCUT2D eigenvalue weighted by Crippen LogP contribution is 2.26. The summed E-state index contributed by atoms with van der Waals surface area (Å²) in [5.74, 6) is 1.06. The van der Waals surface area contributed by atoms with Gasteiger partial charge in [-0.15, -0.1) is 0 Å². The second-order valence-corrected chi connectivity index (χ2v) is 11.6. The largest absolute Gasteiger partial charge is 0.415 e.